The lowest BCUT2D eigenvalue weighted by Gasteiger charge is -2.07. The maximum absolute atomic E-state index is 13.7. The first-order chi connectivity index (χ1) is 11.4. The normalized spacial score (nSPS) is 13.0. The van der Waals surface area contributed by atoms with Crippen molar-refractivity contribution in [2.45, 2.75) is 12.3 Å². The van der Waals surface area contributed by atoms with E-state index in [0.29, 0.717) is 11.1 Å². The van der Waals surface area contributed by atoms with Crippen molar-refractivity contribution in [1.29, 1.82) is 0 Å². The van der Waals surface area contributed by atoms with Crippen LogP contribution in [-0.4, -0.2) is 18.7 Å². The van der Waals surface area contributed by atoms with E-state index in [1.807, 2.05) is 0 Å². The third-order valence-electron chi connectivity index (χ3n) is 3.12. The van der Waals surface area contributed by atoms with Gasteiger partial charge in [0.15, 0.2) is 6.17 Å². The summed E-state index contributed by atoms with van der Waals surface area (Å²) in [6, 6.07) is 12.5. The topological polar surface area (TPSA) is 26.3 Å². The minimum Gasteiger partial charge on any atom is -0.459 e. The number of hydrogen-bond acceptors (Lipinski definition) is 2. The van der Waals surface area contributed by atoms with Crippen molar-refractivity contribution in [2.75, 3.05) is 6.61 Å². The van der Waals surface area contributed by atoms with Crippen LogP contribution < -0.4 is 0 Å². The van der Waals surface area contributed by atoms with Gasteiger partial charge in [-0.05, 0) is 35.9 Å². The van der Waals surface area contributed by atoms with E-state index in [4.69, 9.17) is 4.74 Å². The second kappa shape index (κ2) is 7.77. The Morgan fingerprint density at radius 3 is 2.25 bits per heavy atom. The minimum atomic E-state index is -4.41. The Morgan fingerprint density at radius 1 is 1.04 bits per heavy atom. The number of rotatable bonds is 5. The Balaban J connectivity index is 1.86. The monoisotopic (exact) mass is 338 g/mol. The van der Waals surface area contributed by atoms with Crippen molar-refractivity contribution in [1.82, 2.24) is 0 Å². The van der Waals surface area contributed by atoms with Crippen LogP contribution in [0.25, 0.3) is 6.08 Å². The minimum absolute atomic E-state index is 0.316. The third kappa shape index (κ3) is 5.22. The average Bonchev–Trinajstić information content (AvgIpc) is 2.58. The Kier molecular flexibility index (Phi) is 5.73. The van der Waals surface area contributed by atoms with Gasteiger partial charge >= 0.3 is 12.1 Å². The summed E-state index contributed by atoms with van der Waals surface area (Å²) in [6.07, 6.45) is -3.50. The molecule has 0 aliphatic carbocycles. The molecule has 2 aromatic carbocycles. The molecule has 126 valence electrons. The number of esters is 1. The van der Waals surface area contributed by atoms with E-state index in [2.05, 4.69) is 0 Å². The van der Waals surface area contributed by atoms with E-state index in [9.17, 15) is 22.4 Å². The molecule has 24 heavy (non-hydrogen) atoms. The van der Waals surface area contributed by atoms with Crippen LogP contribution in [0.3, 0.4) is 0 Å². The van der Waals surface area contributed by atoms with Gasteiger partial charge in [-0.3, -0.25) is 0 Å². The summed E-state index contributed by atoms with van der Waals surface area (Å²) in [4.78, 5) is 11.6. The maximum atomic E-state index is 13.7. The SMILES string of the molecule is O=C(OCC(F)/C=C/c1ccc(C(F)(F)F)cc1)c1ccccc1. The number of hydrogen-bond donors (Lipinski definition) is 0. The summed E-state index contributed by atoms with van der Waals surface area (Å²) in [7, 11) is 0. The molecule has 0 bridgehead atoms. The molecule has 0 spiro atoms. The molecule has 1 unspecified atom stereocenters. The van der Waals surface area contributed by atoms with Crippen molar-refractivity contribution >= 4 is 12.0 Å². The van der Waals surface area contributed by atoms with Gasteiger partial charge in [-0.1, -0.05) is 36.4 Å². The standard InChI is InChI=1S/C18H14F4O2/c19-16(12-24-17(23)14-4-2-1-3-5-14)11-8-13-6-9-15(10-7-13)18(20,21)22/h1-11,16H,12H2/b11-8+. The maximum Gasteiger partial charge on any atom is 0.416 e. The zero-order valence-corrected chi connectivity index (χ0v) is 12.5. The summed E-state index contributed by atoms with van der Waals surface area (Å²) < 4.78 is 55.8. The zero-order valence-electron chi connectivity index (χ0n) is 12.5. The van der Waals surface area contributed by atoms with Crippen molar-refractivity contribution in [3.8, 4) is 0 Å². The molecule has 0 aliphatic heterocycles. The summed E-state index contributed by atoms with van der Waals surface area (Å²) >= 11 is 0. The number of benzene rings is 2. The Morgan fingerprint density at radius 2 is 1.67 bits per heavy atom. The molecule has 0 saturated carbocycles. The van der Waals surface area contributed by atoms with E-state index >= 15 is 0 Å². The Labute approximate surface area is 136 Å². The molecular formula is C18H14F4O2. The van der Waals surface area contributed by atoms with Crippen LogP contribution in [0.15, 0.2) is 60.7 Å². The predicted molar refractivity (Wildman–Crippen MR) is 82.1 cm³/mol. The number of carbonyl (C=O) groups excluding carboxylic acids is 1. The van der Waals surface area contributed by atoms with Gasteiger partial charge < -0.3 is 4.74 Å². The van der Waals surface area contributed by atoms with E-state index in [-0.39, 0.29) is 0 Å². The van der Waals surface area contributed by atoms with Crippen LogP contribution in [-0.2, 0) is 10.9 Å². The first kappa shape index (κ1) is 17.7. The van der Waals surface area contributed by atoms with Gasteiger partial charge in [0.05, 0.1) is 11.1 Å². The lowest BCUT2D eigenvalue weighted by molar-refractivity contribution is -0.137. The van der Waals surface area contributed by atoms with Gasteiger partial charge in [0.1, 0.15) is 6.61 Å². The van der Waals surface area contributed by atoms with Gasteiger partial charge in [-0.2, -0.15) is 13.2 Å². The first-order valence-electron chi connectivity index (χ1n) is 7.08. The fourth-order valence-corrected chi connectivity index (χ4v) is 1.87. The summed E-state index contributed by atoms with van der Waals surface area (Å²) in [5.41, 5.74) is -0.0373. The average molecular weight is 338 g/mol. The van der Waals surface area contributed by atoms with E-state index in [1.165, 1.54) is 18.2 Å². The van der Waals surface area contributed by atoms with Gasteiger partial charge in [-0.15, -0.1) is 0 Å². The molecular weight excluding hydrogens is 324 g/mol. The van der Waals surface area contributed by atoms with Crippen LogP contribution >= 0.6 is 0 Å². The molecule has 0 amide bonds. The molecule has 1 atom stereocenters. The Bertz CT molecular complexity index is 691. The fourth-order valence-electron chi connectivity index (χ4n) is 1.87. The molecule has 6 heteroatoms. The molecule has 2 aromatic rings. The van der Waals surface area contributed by atoms with Gasteiger partial charge in [0.25, 0.3) is 0 Å². The lowest BCUT2D eigenvalue weighted by atomic mass is 10.1. The van der Waals surface area contributed by atoms with Crippen molar-refractivity contribution in [3.05, 3.63) is 77.4 Å². The quantitative estimate of drug-likeness (QED) is 0.572. The fraction of sp³-hybridized carbons (Fsp3) is 0.167. The smallest absolute Gasteiger partial charge is 0.416 e. The molecule has 0 N–H and O–H groups in total. The van der Waals surface area contributed by atoms with Crippen LogP contribution in [0.5, 0.6) is 0 Å². The number of ether oxygens (including phenoxy) is 1. The van der Waals surface area contributed by atoms with Crippen LogP contribution in [0, 0.1) is 0 Å². The summed E-state index contributed by atoms with van der Waals surface area (Å²) in [5.74, 6) is -0.638. The van der Waals surface area contributed by atoms with Crippen molar-refractivity contribution in [3.63, 3.8) is 0 Å². The molecule has 0 fully saturated rings. The largest absolute Gasteiger partial charge is 0.459 e. The molecule has 2 rings (SSSR count). The van der Waals surface area contributed by atoms with Crippen molar-refractivity contribution < 1.29 is 27.1 Å². The van der Waals surface area contributed by atoms with E-state index < -0.39 is 30.5 Å². The molecule has 0 saturated heterocycles. The number of carbonyl (C=O) groups is 1. The highest BCUT2D eigenvalue weighted by Crippen LogP contribution is 2.29. The van der Waals surface area contributed by atoms with Gasteiger partial charge in [-0.25, -0.2) is 9.18 Å². The second-order valence-corrected chi connectivity index (χ2v) is 4.96. The second-order valence-electron chi connectivity index (χ2n) is 4.96. The highest BCUT2D eigenvalue weighted by molar-refractivity contribution is 5.89. The first-order valence-corrected chi connectivity index (χ1v) is 7.08. The molecule has 0 aromatic heterocycles. The summed E-state index contributed by atoms with van der Waals surface area (Å²) in [6.45, 7) is -0.467. The lowest BCUT2D eigenvalue weighted by Crippen LogP contribution is -2.13. The zero-order chi connectivity index (χ0) is 17.6. The van der Waals surface area contributed by atoms with Gasteiger partial charge in [0, 0.05) is 0 Å². The highest BCUT2D eigenvalue weighted by Gasteiger charge is 2.29. The molecule has 0 heterocycles. The molecule has 2 nitrogen and oxygen atoms in total. The van der Waals surface area contributed by atoms with E-state index in [0.717, 1.165) is 18.2 Å². The number of alkyl halides is 4. The third-order valence-corrected chi connectivity index (χ3v) is 3.12. The summed E-state index contributed by atoms with van der Waals surface area (Å²) in [5, 5.41) is 0. The van der Waals surface area contributed by atoms with Crippen molar-refractivity contribution in [2.24, 2.45) is 0 Å². The molecule has 0 radical (unpaired) electrons. The van der Waals surface area contributed by atoms with Crippen LogP contribution in [0.2, 0.25) is 0 Å². The number of halogens is 4. The van der Waals surface area contributed by atoms with Crippen LogP contribution in [0.1, 0.15) is 21.5 Å². The van der Waals surface area contributed by atoms with Crippen LogP contribution in [0.4, 0.5) is 17.6 Å². The highest BCUT2D eigenvalue weighted by atomic mass is 19.4. The molecule has 0 aliphatic rings. The van der Waals surface area contributed by atoms with E-state index in [1.54, 1.807) is 30.3 Å². The Hall–Kier alpha value is -2.63. The predicted octanol–water partition coefficient (Wildman–Crippen LogP) is 4.91. The van der Waals surface area contributed by atoms with Gasteiger partial charge in [0.2, 0.25) is 0 Å².